The van der Waals surface area contributed by atoms with Crippen molar-refractivity contribution in [2.75, 3.05) is 18.9 Å². The summed E-state index contributed by atoms with van der Waals surface area (Å²) in [4.78, 5) is 22.6. The summed E-state index contributed by atoms with van der Waals surface area (Å²) in [6.07, 6.45) is 0. The summed E-state index contributed by atoms with van der Waals surface area (Å²) in [5.74, 6) is -0.267. The number of hydrogen-bond acceptors (Lipinski definition) is 4. The van der Waals surface area contributed by atoms with Crippen LogP contribution in [0.25, 0.3) is 0 Å². The van der Waals surface area contributed by atoms with Gasteiger partial charge < -0.3 is 16.0 Å². The summed E-state index contributed by atoms with van der Waals surface area (Å²) >= 11 is 0. The number of carbonyl (C=O) groups excluding carboxylic acids is 2. The molecule has 0 fully saturated rings. The van der Waals surface area contributed by atoms with Crippen LogP contribution in [0.3, 0.4) is 0 Å². The molecular formula is C16H17N5O2. The summed E-state index contributed by atoms with van der Waals surface area (Å²) in [5, 5.41) is 15.7. The minimum Gasteiger partial charge on any atom is -0.358 e. The van der Waals surface area contributed by atoms with Crippen LogP contribution in [0.15, 0.2) is 64.8 Å². The van der Waals surface area contributed by atoms with Crippen molar-refractivity contribution in [2.24, 2.45) is 10.2 Å². The van der Waals surface area contributed by atoms with Crippen LogP contribution < -0.4 is 16.0 Å². The fourth-order valence-electron chi connectivity index (χ4n) is 1.65. The third-order valence-corrected chi connectivity index (χ3v) is 2.85. The Kier molecular flexibility index (Phi) is 5.81. The third kappa shape index (κ3) is 5.58. The molecule has 118 valence electrons. The first-order chi connectivity index (χ1) is 11.2. The lowest BCUT2D eigenvalue weighted by atomic mass is 10.3. The number of azo groups is 1. The van der Waals surface area contributed by atoms with Gasteiger partial charge >= 0.3 is 6.03 Å². The van der Waals surface area contributed by atoms with Gasteiger partial charge in [0.05, 0.1) is 17.9 Å². The molecule has 0 unspecified atom stereocenters. The lowest BCUT2D eigenvalue weighted by Crippen LogP contribution is -2.37. The Labute approximate surface area is 133 Å². The number of urea groups is 1. The summed E-state index contributed by atoms with van der Waals surface area (Å²) in [6.45, 7) is -0.0777. The van der Waals surface area contributed by atoms with Crippen molar-refractivity contribution >= 4 is 29.0 Å². The Bertz CT molecular complexity index is 683. The highest BCUT2D eigenvalue weighted by atomic mass is 16.2. The number of nitrogens with one attached hydrogen (secondary N) is 3. The molecule has 0 aliphatic heterocycles. The lowest BCUT2D eigenvalue weighted by Gasteiger charge is -2.06. The maximum atomic E-state index is 11.6. The third-order valence-electron chi connectivity index (χ3n) is 2.85. The number of carbonyl (C=O) groups is 2. The van der Waals surface area contributed by atoms with E-state index in [1.54, 1.807) is 24.3 Å². The van der Waals surface area contributed by atoms with Crippen molar-refractivity contribution < 1.29 is 9.59 Å². The fraction of sp³-hybridized carbons (Fsp3) is 0.125. The van der Waals surface area contributed by atoms with E-state index in [0.717, 1.165) is 5.69 Å². The van der Waals surface area contributed by atoms with Gasteiger partial charge in [0, 0.05) is 12.7 Å². The van der Waals surface area contributed by atoms with E-state index in [1.165, 1.54) is 7.05 Å². The summed E-state index contributed by atoms with van der Waals surface area (Å²) in [6, 6.07) is 15.8. The zero-order valence-corrected chi connectivity index (χ0v) is 12.6. The largest absolute Gasteiger partial charge is 0.358 e. The van der Waals surface area contributed by atoms with Gasteiger partial charge in [-0.25, -0.2) is 4.79 Å². The van der Waals surface area contributed by atoms with Crippen molar-refractivity contribution in [1.82, 2.24) is 10.6 Å². The van der Waals surface area contributed by atoms with Crippen molar-refractivity contribution in [3.63, 3.8) is 0 Å². The minimum atomic E-state index is -0.452. The Balaban J connectivity index is 1.88. The predicted octanol–water partition coefficient (Wildman–Crippen LogP) is 2.97. The van der Waals surface area contributed by atoms with E-state index >= 15 is 0 Å². The molecular weight excluding hydrogens is 294 g/mol. The zero-order chi connectivity index (χ0) is 16.5. The van der Waals surface area contributed by atoms with E-state index in [1.807, 2.05) is 30.3 Å². The average molecular weight is 311 g/mol. The van der Waals surface area contributed by atoms with E-state index in [2.05, 4.69) is 26.2 Å². The molecule has 23 heavy (non-hydrogen) atoms. The highest BCUT2D eigenvalue weighted by Crippen LogP contribution is 2.19. The first kappa shape index (κ1) is 16.2. The molecule has 2 rings (SSSR count). The molecule has 2 aromatic rings. The highest BCUT2D eigenvalue weighted by Gasteiger charge is 2.03. The molecule has 0 bridgehead atoms. The van der Waals surface area contributed by atoms with Crippen LogP contribution in [-0.2, 0) is 4.79 Å². The number of benzene rings is 2. The number of anilines is 1. The van der Waals surface area contributed by atoms with Gasteiger partial charge in [-0.05, 0) is 36.4 Å². The van der Waals surface area contributed by atoms with Crippen LogP contribution in [0.1, 0.15) is 0 Å². The van der Waals surface area contributed by atoms with Gasteiger partial charge in [0.15, 0.2) is 0 Å². The molecule has 3 N–H and O–H groups in total. The molecule has 0 atom stereocenters. The van der Waals surface area contributed by atoms with E-state index in [-0.39, 0.29) is 12.5 Å². The molecule has 0 saturated carbocycles. The molecule has 0 heterocycles. The molecule has 3 amide bonds. The van der Waals surface area contributed by atoms with Crippen LogP contribution in [0, 0.1) is 0 Å². The second-order valence-electron chi connectivity index (χ2n) is 4.56. The molecule has 2 aromatic carbocycles. The number of hydrogen-bond donors (Lipinski definition) is 3. The molecule has 7 heteroatoms. The Morgan fingerprint density at radius 3 is 2.13 bits per heavy atom. The second-order valence-corrected chi connectivity index (χ2v) is 4.56. The molecule has 0 radical (unpaired) electrons. The van der Waals surface area contributed by atoms with Crippen LogP contribution in [-0.4, -0.2) is 25.5 Å². The average Bonchev–Trinajstić information content (AvgIpc) is 2.60. The Morgan fingerprint density at radius 1 is 0.913 bits per heavy atom. The number of nitrogens with zero attached hydrogens (tertiary/aromatic N) is 2. The molecule has 0 aliphatic carbocycles. The normalized spacial score (nSPS) is 10.3. The molecule has 0 spiro atoms. The van der Waals surface area contributed by atoms with Crippen molar-refractivity contribution in [3.8, 4) is 0 Å². The smallest absolute Gasteiger partial charge is 0.319 e. The van der Waals surface area contributed by atoms with E-state index < -0.39 is 6.03 Å². The van der Waals surface area contributed by atoms with Gasteiger partial charge in [0.1, 0.15) is 0 Å². The molecule has 0 aromatic heterocycles. The summed E-state index contributed by atoms with van der Waals surface area (Å²) in [7, 11) is 1.50. The van der Waals surface area contributed by atoms with Crippen molar-refractivity contribution in [1.29, 1.82) is 0 Å². The van der Waals surface area contributed by atoms with Crippen molar-refractivity contribution in [2.45, 2.75) is 0 Å². The van der Waals surface area contributed by atoms with Gasteiger partial charge in [0.2, 0.25) is 5.91 Å². The van der Waals surface area contributed by atoms with Crippen LogP contribution in [0.2, 0.25) is 0 Å². The lowest BCUT2D eigenvalue weighted by molar-refractivity contribution is -0.119. The zero-order valence-electron chi connectivity index (χ0n) is 12.6. The second kappa shape index (κ2) is 8.28. The first-order valence-corrected chi connectivity index (χ1v) is 6.99. The maximum Gasteiger partial charge on any atom is 0.319 e. The van der Waals surface area contributed by atoms with Gasteiger partial charge in [-0.15, -0.1) is 0 Å². The maximum absolute atomic E-state index is 11.6. The van der Waals surface area contributed by atoms with Gasteiger partial charge in [0.25, 0.3) is 0 Å². The van der Waals surface area contributed by atoms with Crippen molar-refractivity contribution in [3.05, 3.63) is 54.6 Å². The summed E-state index contributed by atoms with van der Waals surface area (Å²) < 4.78 is 0. The number of rotatable bonds is 5. The standard InChI is InChI=1S/C16H17N5O2/c1-17-15(22)11-18-16(23)19-12-7-9-14(10-8-12)21-20-13-5-3-2-4-6-13/h2-10H,11H2,1H3,(H,17,22)(H2,18,19,23). The van der Waals surface area contributed by atoms with Gasteiger partial charge in [-0.2, -0.15) is 10.2 Å². The highest BCUT2D eigenvalue weighted by molar-refractivity contribution is 5.92. The molecule has 0 saturated heterocycles. The predicted molar refractivity (Wildman–Crippen MR) is 88.1 cm³/mol. The molecule has 7 nitrogen and oxygen atoms in total. The number of likely N-dealkylation sites (N-methyl/N-ethyl adjacent to an activating group) is 1. The number of amides is 3. The van der Waals surface area contributed by atoms with E-state index in [9.17, 15) is 9.59 Å². The van der Waals surface area contributed by atoms with Crippen LogP contribution >= 0.6 is 0 Å². The van der Waals surface area contributed by atoms with E-state index in [4.69, 9.17) is 0 Å². The minimum absolute atomic E-state index is 0.0777. The van der Waals surface area contributed by atoms with Gasteiger partial charge in [-0.3, -0.25) is 4.79 Å². The Hall–Kier alpha value is -3.22. The first-order valence-electron chi connectivity index (χ1n) is 6.99. The Morgan fingerprint density at radius 2 is 1.52 bits per heavy atom. The SMILES string of the molecule is CNC(=O)CNC(=O)Nc1ccc(N=Nc2ccccc2)cc1. The quantitative estimate of drug-likeness (QED) is 0.740. The monoisotopic (exact) mass is 311 g/mol. The van der Waals surface area contributed by atoms with Crippen LogP contribution in [0.5, 0.6) is 0 Å². The van der Waals surface area contributed by atoms with Crippen LogP contribution in [0.4, 0.5) is 21.9 Å². The summed E-state index contributed by atoms with van der Waals surface area (Å²) in [5.41, 5.74) is 2.03. The topological polar surface area (TPSA) is 95.0 Å². The fourth-order valence-corrected chi connectivity index (χ4v) is 1.65. The van der Waals surface area contributed by atoms with E-state index in [0.29, 0.717) is 11.4 Å². The van der Waals surface area contributed by atoms with Gasteiger partial charge in [-0.1, -0.05) is 18.2 Å². The molecule has 0 aliphatic rings.